The summed E-state index contributed by atoms with van der Waals surface area (Å²) in [5.74, 6) is 0.855. The SMILES string of the molecule is Cc1nc(C)c(CNCc2ccno2)s1. The highest BCUT2D eigenvalue weighted by molar-refractivity contribution is 7.11. The van der Waals surface area contributed by atoms with Crippen LogP contribution in [0.15, 0.2) is 16.8 Å². The quantitative estimate of drug-likeness (QED) is 0.861. The second-order valence-electron chi connectivity index (χ2n) is 3.32. The summed E-state index contributed by atoms with van der Waals surface area (Å²) in [7, 11) is 0. The molecule has 80 valence electrons. The molecule has 0 saturated heterocycles. The van der Waals surface area contributed by atoms with Crippen LogP contribution in [0.4, 0.5) is 0 Å². The molecule has 0 spiro atoms. The van der Waals surface area contributed by atoms with Gasteiger partial charge >= 0.3 is 0 Å². The first kappa shape index (κ1) is 10.3. The third kappa shape index (κ3) is 2.64. The maximum atomic E-state index is 4.98. The molecule has 0 aliphatic heterocycles. The summed E-state index contributed by atoms with van der Waals surface area (Å²) in [5.41, 5.74) is 1.11. The Morgan fingerprint density at radius 1 is 1.40 bits per heavy atom. The standard InChI is InChI=1S/C10H13N3OS/c1-7-10(15-8(2)13-7)6-11-5-9-3-4-12-14-9/h3-4,11H,5-6H2,1-2H3. The fraction of sp³-hybridized carbons (Fsp3) is 0.400. The highest BCUT2D eigenvalue weighted by Gasteiger charge is 2.04. The van der Waals surface area contributed by atoms with E-state index in [1.807, 2.05) is 19.9 Å². The molecule has 0 aliphatic rings. The van der Waals surface area contributed by atoms with Crippen LogP contribution in [0.5, 0.6) is 0 Å². The maximum Gasteiger partial charge on any atom is 0.150 e. The van der Waals surface area contributed by atoms with Crippen molar-refractivity contribution in [3.05, 3.63) is 33.6 Å². The lowest BCUT2D eigenvalue weighted by Crippen LogP contribution is -2.11. The lowest BCUT2D eigenvalue weighted by atomic mass is 10.4. The Morgan fingerprint density at radius 3 is 2.87 bits per heavy atom. The summed E-state index contributed by atoms with van der Waals surface area (Å²) in [6.45, 7) is 5.60. The van der Waals surface area contributed by atoms with Crippen molar-refractivity contribution in [2.45, 2.75) is 26.9 Å². The van der Waals surface area contributed by atoms with Gasteiger partial charge < -0.3 is 9.84 Å². The lowest BCUT2D eigenvalue weighted by molar-refractivity contribution is 0.373. The molecule has 5 heteroatoms. The van der Waals surface area contributed by atoms with Gasteiger partial charge in [0.1, 0.15) is 5.76 Å². The topological polar surface area (TPSA) is 51.0 Å². The Labute approximate surface area is 92.3 Å². The van der Waals surface area contributed by atoms with Crippen LogP contribution in [0.3, 0.4) is 0 Å². The van der Waals surface area contributed by atoms with Crippen molar-refractivity contribution >= 4 is 11.3 Å². The molecule has 0 amide bonds. The molecule has 2 aromatic rings. The van der Waals surface area contributed by atoms with Crippen molar-refractivity contribution in [2.24, 2.45) is 0 Å². The van der Waals surface area contributed by atoms with Crippen LogP contribution < -0.4 is 5.32 Å². The third-order valence-corrected chi connectivity index (χ3v) is 3.15. The molecule has 2 rings (SSSR count). The molecule has 2 aromatic heterocycles. The van der Waals surface area contributed by atoms with Crippen molar-refractivity contribution < 1.29 is 4.52 Å². The molecule has 0 saturated carbocycles. The van der Waals surface area contributed by atoms with Gasteiger partial charge in [-0.1, -0.05) is 5.16 Å². The van der Waals surface area contributed by atoms with E-state index in [9.17, 15) is 0 Å². The Kier molecular flexibility index (Phi) is 3.13. The van der Waals surface area contributed by atoms with Crippen LogP contribution in [0.25, 0.3) is 0 Å². The van der Waals surface area contributed by atoms with Crippen molar-refractivity contribution in [3.8, 4) is 0 Å². The predicted octanol–water partition coefficient (Wildman–Crippen LogP) is 2.04. The number of hydrogen-bond donors (Lipinski definition) is 1. The zero-order valence-corrected chi connectivity index (χ0v) is 9.60. The van der Waals surface area contributed by atoms with Crippen LogP contribution in [-0.2, 0) is 13.1 Å². The molecule has 0 radical (unpaired) electrons. The average Bonchev–Trinajstić information content (AvgIpc) is 2.77. The van der Waals surface area contributed by atoms with Gasteiger partial charge in [0.2, 0.25) is 0 Å². The van der Waals surface area contributed by atoms with Gasteiger partial charge in [-0.15, -0.1) is 11.3 Å². The number of thiazole rings is 1. The third-order valence-electron chi connectivity index (χ3n) is 2.08. The molecule has 15 heavy (non-hydrogen) atoms. The van der Waals surface area contributed by atoms with E-state index in [1.165, 1.54) is 4.88 Å². The highest BCUT2D eigenvalue weighted by Crippen LogP contribution is 2.16. The fourth-order valence-electron chi connectivity index (χ4n) is 1.37. The minimum atomic E-state index is 0.705. The van der Waals surface area contributed by atoms with E-state index in [2.05, 4.69) is 15.5 Å². The molecular weight excluding hydrogens is 210 g/mol. The molecule has 0 unspecified atom stereocenters. The molecule has 0 atom stereocenters. The number of aromatic nitrogens is 2. The van der Waals surface area contributed by atoms with Gasteiger partial charge in [-0.05, 0) is 13.8 Å². The lowest BCUT2D eigenvalue weighted by Gasteiger charge is -1.99. The summed E-state index contributed by atoms with van der Waals surface area (Å²) < 4.78 is 4.98. The molecule has 2 heterocycles. The predicted molar refractivity (Wildman–Crippen MR) is 58.6 cm³/mol. The van der Waals surface area contributed by atoms with Gasteiger partial charge in [0.15, 0.2) is 0 Å². The minimum Gasteiger partial charge on any atom is -0.360 e. The van der Waals surface area contributed by atoms with Crippen LogP contribution in [0.1, 0.15) is 21.3 Å². The Bertz CT molecular complexity index is 422. The number of hydrogen-bond acceptors (Lipinski definition) is 5. The van der Waals surface area contributed by atoms with E-state index in [0.717, 1.165) is 23.0 Å². The van der Waals surface area contributed by atoms with Gasteiger partial charge in [0.25, 0.3) is 0 Å². The molecule has 1 N–H and O–H groups in total. The Hall–Kier alpha value is -1.20. The number of rotatable bonds is 4. The minimum absolute atomic E-state index is 0.705. The normalized spacial score (nSPS) is 10.8. The van der Waals surface area contributed by atoms with Gasteiger partial charge in [-0.3, -0.25) is 0 Å². The summed E-state index contributed by atoms with van der Waals surface area (Å²) in [4.78, 5) is 5.65. The van der Waals surface area contributed by atoms with E-state index in [1.54, 1.807) is 17.5 Å². The largest absolute Gasteiger partial charge is 0.360 e. The van der Waals surface area contributed by atoms with Gasteiger partial charge in [-0.2, -0.15) is 0 Å². The second-order valence-corrected chi connectivity index (χ2v) is 4.61. The first-order chi connectivity index (χ1) is 7.25. The fourth-order valence-corrected chi connectivity index (χ4v) is 2.28. The van der Waals surface area contributed by atoms with Crippen molar-refractivity contribution in [1.82, 2.24) is 15.5 Å². The van der Waals surface area contributed by atoms with E-state index >= 15 is 0 Å². The highest BCUT2D eigenvalue weighted by atomic mass is 32.1. The van der Waals surface area contributed by atoms with Crippen molar-refractivity contribution in [2.75, 3.05) is 0 Å². The van der Waals surface area contributed by atoms with E-state index in [4.69, 9.17) is 4.52 Å². The summed E-state index contributed by atoms with van der Waals surface area (Å²) in [6.07, 6.45) is 1.65. The van der Waals surface area contributed by atoms with E-state index in [0.29, 0.717) is 6.54 Å². The zero-order valence-electron chi connectivity index (χ0n) is 8.78. The smallest absolute Gasteiger partial charge is 0.150 e. The molecule has 4 nitrogen and oxygen atoms in total. The van der Waals surface area contributed by atoms with Crippen LogP contribution in [-0.4, -0.2) is 10.1 Å². The first-order valence-electron chi connectivity index (χ1n) is 4.79. The molecule has 0 fully saturated rings. The molecular formula is C10H13N3OS. The number of nitrogens with zero attached hydrogens (tertiary/aromatic N) is 2. The van der Waals surface area contributed by atoms with Gasteiger partial charge in [0.05, 0.1) is 23.4 Å². The van der Waals surface area contributed by atoms with Crippen LogP contribution in [0, 0.1) is 13.8 Å². The first-order valence-corrected chi connectivity index (χ1v) is 5.60. The molecule has 0 aliphatic carbocycles. The zero-order chi connectivity index (χ0) is 10.7. The molecule has 0 aromatic carbocycles. The van der Waals surface area contributed by atoms with Crippen molar-refractivity contribution in [1.29, 1.82) is 0 Å². The number of nitrogens with one attached hydrogen (secondary N) is 1. The average molecular weight is 223 g/mol. The monoisotopic (exact) mass is 223 g/mol. The summed E-state index contributed by atoms with van der Waals surface area (Å²) in [5, 5.41) is 8.05. The summed E-state index contributed by atoms with van der Waals surface area (Å²) >= 11 is 1.73. The summed E-state index contributed by atoms with van der Waals surface area (Å²) in [6, 6.07) is 1.86. The van der Waals surface area contributed by atoms with Gasteiger partial charge in [0, 0.05) is 17.5 Å². The Balaban J connectivity index is 1.86. The Morgan fingerprint density at radius 2 is 2.27 bits per heavy atom. The van der Waals surface area contributed by atoms with E-state index < -0.39 is 0 Å². The van der Waals surface area contributed by atoms with E-state index in [-0.39, 0.29) is 0 Å². The van der Waals surface area contributed by atoms with Gasteiger partial charge in [-0.25, -0.2) is 4.98 Å². The second kappa shape index (κ2) is 4.55. The van der Waals surface area contributed by atoms with Crippen LogP contribution >= 0.6 is 11.3 Å². The van der Waals surface area contributed by atoms with Crippen molar-refractivity contribution in [3.63, 3.8) is 0 Å². The molecule has 0 bridgehead atoms. The maximum absolute atomic E-state index is 4.98. The number of aryl methyl sites for hydroxylation is 2. The van der Waals surface area contributed by atoms with Crippen LogP contribution in [0.2, 0.25) is 0 Å².